The monoisotopic (exact) mass is 267 g/mol. The molecule has 1 aliphatic rings. The van der Waals surface area contributed by atoms with E-state index in [1.54, 1.807) is 24.3 Å². The van der Waals surface area contributed by atoms with Crippen LogP contribution in [0.2, 0.25) is 0 Å². The fourth-order valence-corrected chi connectivity index (χ4v) is 3.62. The summed E-state index contributed by atoms with van der Waals surface area (Å²) in [6, 6.07) is 8.98. The Kier molecular flexibility index (Phi) is 3.56. The first kappa shape index (κ1) is 12.9. The second-order valence-corrected chi connectivity index (χ2v) is 6.56. The third kappa shape index (κ3) is 2.81. The van der Waals surface area contributed by atoms with Crippen molar-refractivity contribution in [2.45, 2.75) is 24.5 Å². The van der Waals surface area contributed by atoms with E-state index in [1.807, 2.05) is 6.07 Å². The topological polar surface area (TPSA) is 87.2 Å². The summed E-state index contributed by atoms with van der Waals surface area (Å²) in [5.74, 6) is 0.00179. The Bertz CT molecular complexity index is 524. The van der Waals surface area contributed by atoms with Crippen molar-refractivity contribution in [3.05, 3.63) is 30.3 Å². The highest BCUT2D eigenvalue weighted by Crippen LogP contribution is 2.33. The number of anilines is 1. The molecule has 1 aliphatic carbocycles. The highest BCUT2D eigenvalue weighted by Gasteiger charge is 2.40. The molecule has 6 heteroatoms. The van der Waals surface area contributed by atoms with Gasteiger partial charge in [0.1, 0.15) is 0 Å². The van der Waals surface area contributed by atoms with Gasteiger partial charge in [-0.3, -0.25) is 9.71 Å². The van der Waals surface area contributed by atoms with Crippen LogP contribution in [0.25, 0.3) is 0 Å². The van der Waals surface area contributed by atoms with E-state index in [1.165, 1.54) is 4.31 Å². The number of amidine groups is 1. The van der Waals surface area contributed by atoms with Gasteiger partial charge in [-0.05, 0) is 25.0 Å². The van der Waals surface area contributed by atoms with Crippen molar-refractivity contribution in [2.24, 2.45) is 5.73 Å². The van der Waals surface area contributed by atoms with E-state index in [0.717, 1.165) is 12.8 Å². The summed E-state index contributed by atoms with van der Waals surface area (Å²) < 4.78 is 26.0. The zero-order valence-corrected chi connectivity index (χ0v) is 10.9. The lowest BCUT2D eigenvalue weighted by Gasteiger charge is -2.24. The average molecular weight is 267 g/mol. The van der Waals surface area contributed by atoms with E-state index >= 15 is 0 Å². The molecule has 0 unspecified atom stereocenters. The van der Waals surface area contributed by atoms with E-state index in [2.05, 4.69) is 0 Å². The molecule has 98 valence electrons. The third-order valence-corrected chi connectivity index (χ3v) is 5.20. The van der Waals surface area contributed by atoms with Gasteiger partial charge in [-0.25, -0.2) is 8.42 Å². The maximum atomic E-state index is 12.3. The Morgan fingerprint density at radius 3 is 2.44 bits per heavy atom. The number of hydrogen-bond acceptors (Lipinski definition) is 3. The molecule has 0 heterocycles. The van der Waals surface area contributed by atoms with Crippen LogP contribution in [0.4, 0.5) is 5.69 Å². The van der Waals surface area contributed by atoms with E-state index < -0.39 is 10.0 Å². The van der Waals surface area contributed by atoms with Crippen LogP contribution in [-0.2, 0) is 10.0 Å². The van der Waals surface area contributed by atoms with Gasteiger partial charge in [0, 0.05) is 13.0 Å². The number of nitrogens with two attached hydrogens (primary N) is 1. The first-order valence-electron chi connectivity index (χ1n) is 5.91. The Morgan fingerprint density at radius 2 is 1.94 bits per heavy atom. The van der Waals surface area contributed by atoms with E-state index in [9.17, 15) is 8.42 Å². The molecular formula is C12H17N3O2S. The Hall–Kier alpha value is -1.56. The van der Waals surface area contributed by atoms with E-state index in [0.29, 0.717) is 5.69 Å². The maximum Gasteiger partial charge on any atom is 0.238 e. The molecule has 1 fully saturated rings. The number of hydrogen-bond donors (Lipinski definition) is 2. The van der Waals surface area contributed by atoms with Crippen LogP contribution in [0.15, 0.2) is 30.3 Å². The van der Waals surface area contributed by atoms with E-state index in [4.69, 9.17) is 11.1 Å². The van der Waals surface area contributed by atoms with Crippen LogP contribution in [0, 0.1) is 5.41 Å². The van der Waals surface area contributed by atoms with Gasteiger partial charge in [0.25, 0.3) is 0 Å². The average Bonchev–Trinajstić information content (AvgIpc) is 3.14. The van der Waals surface area contributed by atoms with Crippen molar-refractivity contribution in [3.63, 3.8) is 0 Å². The first-order chi connectivity index (χ1) is 8.51. The quantitative estimate of drug-likeness (QED) is 0.601. The summed E-state index contributed by atoms with van der Waals surface area (Å²) in [6.07, 6.45) is 1.71. The molecule has 18 heavy (non-hydrogen) atoms. The molecule has 0 aromatic heterocycles. The molecule has 0 spiro atoms. The molecule has 0 bridgehead atoms. The lowest BCUT2D eigenvalue weighted by Crippen LogP contribution is -2.36. The SMILES string of the molecule is N=C(N)CCN(c1ccccc1)S(=O)(=O)C1CC1. The molecule has 3 N–H and O–H groups in total. The van der Waals surface area contributed by atoms with E-state index in [-0.39, 0.29) is 24.1 Å². The minimum Gasteiger partial charge on any atom is -0.388 e. The Labute approximate surface area is 107 Å². The van der Waals surface area contributed by atoms with Gasteiger partial charge < -0.3 is 5.73 Å². The van der Waals surface area contributed by atoms with Crippen LogP contribution in [0.5, 0.6) is 0 Å². The molecule has 2 rings (SSSR count). The summed E-state index contributed by atoms with van der Waals surface area (Å²) in [4.78, 5) is 0. The minimum atomic E-state index is -3.30. The maximum absolute atomic E-state index is 12.3. The number of rotatable bonds is 6. The van der Waals surface area contributed by atoms with Crippen LogP contribution in [0.3, 0.4) is 0 Å². The third-order valence-electron chi connectivity index (χ3n) is 2.88. The summed E-state index contributed by atoms with van der Waals surface area (Å²) in [5.41, 5.74) is 5.96. The minimum absolute atomic E-state index is 0.00179. The van der Waals surface area contributed by atoms with Crippen molar-refractivity contribution in [3.8, 4) is 0 Å². The normalized spacial score (nSPS) is 15.3. The predicted octanol–water partition coefficient (Wildman–Crippen LogP) is 1.31. The van der Waals surface area contributed by atoms with Gasteiger partial charge >= 0.3 is 0 Å². The zero-order chi connectivity index (χ0) is 13.2. The smallest absolute Gasteiger partial charge is 0.238 e. The molecule has 0 saturated heterocycles. The zero-order valence-electron chi connectivity index (χ0n) is 10.0. The van der Waals surface area contributed by atoms with Crippen molar-refractivity contribution in [1.82, 2.24) is 0 Å². The Balaban J connectivity index is 2.25. The summed E-state index contributed by atoms with van der Waals surface area (Å²) >= 11 is 0. The summed E-state index contributed by atoms with van der Waals surface area (Å²) in [5, 5.41) is 6.97. The van der Waals surface area contributed by atoms with Gasteiger partial charge in [0.15, 0.2) is 0 Å². The molecule has 1 saturated carbocycles. The summed E-state index contributed by atoms with van der Waals surface area (Å²) in [6.45, 7) is 0.234. The number of benzene rings is 1. The molecule has 0 atom stereocenters. The number of nitrogens with one attached hydrogen (secondary N) is 1. The highest BCUT2D eigenvalue weighted by atomic mass is 32.2. The number of sulfonamides is 1. The second-order valence-electron chi connectivity index (χ2n) is 4.43. The number of para-hydroxylation sites is 1. The Morgan fingerprint density at radius 1 is 1.33 bits per heavy atom. The van der Waals surface area contributed by atoms with Crippen LogP contribution >= 0.6 is 0 Å². The number of nitrogens with zero attached hydrogens (tertiary/aromatic N) is 1. The van der Waals surface area contributed by atoms with Crippen LogP contribution in [0.1, 0.15) is 19.3 Å². The van der Waals surface area contributed by atoms with Crippen molar-refractivity contribution < 1.29 is 8.42 Å². The molecular weight excluding hydrogens is 250 g/mol. The van der Waals surface area contributed by atoms with Crippen LogP contribution < -0.4 is 10.0 Å². The second kappa shape index (κ2) is 4.97. The predicted molar refractivity (Wildman–Crippen MR) is 72.3 cm³/mol. The lowest BCUT2D eigenvalue weighted by atomic mass is 10.3. The van der Waals surface area contributed by atoms with Gasteiger partial charge in [0.2, 0.25) is 10.0 Å². The van der Waals surface area contributed by atoms with Crippen molar-refractivity contribution in [1.29, 1.82) is 5.41 Å². The standard InChI is InChI=1S/C12H17N3O2S/c13-12(14)8-9-15(10-4-2-1-3-5-10)18(16,17)11-6-7-11/h1-5,11H,6-9H2,(H3,13,14). The van der Waals surface area contributed by atoms with Crippen molar-refractivity contribution in [2.75, 3.05) is 10.8 Å². The molecule has 0 radical (unpaired) electrons. The highest BCUT2D eigenvalue weighted by molar-refractivity contribution is 7.93. The molecule has 0 aliphatic heterocycles. The largest absolute Gasteiger partial charge is 0.388 e. The molecule has 0 amide bonds. The molecule has 1 aromatic carbocycles. The first-order valence-corrected chi connectivity index (χ1v) is 7.41. The van der Waals surface area contributed by atoms with Crippen molar-refractivity contribution >= 4 is 21.5 Å². The lowest BCUT2D eigenvalue weighted by molar-refractivity contribution is 0.590. The fraction of sp³-hybridized carbons (Fsp3) is 0.417. The van der Waals surface area contributed by atoms with Gasteiger partial charge in [-0.1, -0.05) is 18.2 Å². The van der Waals surface area contributed by atoms with Crippen LogP contribution in [-0.4, -0.2) is 26.0 Å². The molecule has 1 aromatic rings. The molecule has 5 nitrogen and oxygen atoms in total. The summed E-state index contributed by atoms with van der Waals surface area (Å²) in [7, 11) is -3.30. The van der Waals surface area contributed by atoms with Gasteiger partial charge in [-0.15, -0.1) is 0 Å². The van der Waals surface area contributed by atoms with Gasteiger partial charge in [-0.2, -0.15) is 0 Å². The fourth-order valence-electron chi connectivity index (χ4n) is 1.77. The van der Waals surface area contributed by atoms with Gasteiger partial charge in [0.05, 0.1) is 16.8 Å².